The molecule has 3 N–H and O–H groups in total. The molecular formula is C29H28ClF2N7O3. The predicted molar refractivity (Wildman–Crippen MR) is 157 cm³/mol. The standard InChI is InChI=1S/C29H28ClF2N7O3/c1-16-11-17(25-19(12-16)29(42)38(15-24(31)32)28-20(25)14-36-39(28)9-10-40)7-8-34-21-5-6-23(30)37-26(21)18-3-4-22(35-13-18)27(41)33-2/h3-6,11-14,24,34,40H,7-10,15H2,1-2H3,(H,33,41). The molecule has 4 heterocycles. The molecule has 1 aromatic carbocycles. The Morgan fingerprint density at radius 2 is 1.95 bits per heavy atom. The van der Waals surface area contributed by atoms with Crippen molar-refractivity contribution in [1.29, 1.82) is 0 Å². The smallest absolute Gasteiger partial charge is 0.269 e. The number of fused-ring (bicyclic) bond motifs is 3. The van der Waals surface area contributed by atoms with E-state index in [1.807, 2.05) is 13.0 Å². The number of nitrogens with one attached hydrogen (secondary N) is 2. The third-order valence-electron chi connectivity index (χ3n) is 6.88. The summed E-state index contributed by atoms with van der Waals surface area (Å²) in [5.41, 5.74) is 3.53. The summed E-state index contributed by atoms with van der Waals surface area (Å²) in [5.74, 6) is -0.304. The first-order chi connectivity index (χ1) is 20.2. The number of aromatic nitrogens is 5. The van der Waals surface area contributed by atoms with Gasteiger partial charge in [-0.3, -0.25) is 19.1 Å². The van der Waals surface area contributed by atoms with Crippen molar-refractivity contribution in [3.05, 3.63) is 81.1 Å². The second kappa shape index (κ2) is 12.2. The van der Waals surface area contributed by atoms with Crippen LogP contribution in [0.5, 0.6) is 0 Å². The van der Waals surface area contributed by atoms with Gasteiger partial charge in [0.2, 0.25) is 0 Å². The molecule has 0 unspecified atom stereocenters. The normalized spacial score (nSPS) is 11.5. The Morgan fingerprint density at radius 1 is 1.14 bits per heavy atom. The van der Waals surface area contributed by atoms with E-state index in [4.69, 9.17) is 11.6 Å². The van der Waals surface area contributed by atoms with E-state index in [-0.39, 0.29) is 35.6 Å². The van der Waals surface area contributed by atoms with Gasteiger partial charge in [-0.1, -0.05) is 23.2 Å². The molecule has 0 spiro atoms. The fourth-order valence-electron chi connectivity index (χ4n) is 5.12. The van der Waals surface area contributed by atoms with Gasteiger partial charge in [0.1, 0.15) is 16.5 Å². The average molecular weight is 596 g/mol. The summed E-state index contributed by atoms with van der Waals surface area (Å²) >= 11 is 6.20. The molecule has 0 fully saturated rings. The van der Waals surface area contributed by atoms with Gasteiger partial charge >= 0.3 is 0 Å². The Bertz CT molecular complexity index is 1840. The van der Waals surface area contributed by atoms with E-state index in [9.17, 15) is 23.5 Å². The third-order valence-corrected chi connectivity index (χ3v) is 7.09. The lowest BCUT2D eigenvalue weighted by molar-refractivity contribution is 0.0958. The summed E-state index contributed by atoms with van der Waals surface area (Å²) in [6, 6.07) is 10.5. The molecule has 0 saturated carbocycles. The molecule has 42 heavy (non-hydrogen) atoms. The van der Waals surface area contributed by atoms with Gasteiger partial charge in [0.15, 0.2) is 0 Å². The number of aliphatic hydroxyl groups is 1. The lowest BCUT2D eigenvalue weighted by Gasteiger charge is -2.16. The van der Waals surface area contributed by atoms with Gasteiger partial charge in [-0.25, -0.2) is 18.4 Å². The van der Waals surface area contributed by atoms with Gasteiger partial charge in [-0.05, 0) is 49.2 Å². The van der Waals surface area contributed by atoms with Gasteiger partial charge in [0.25, 0.3) is 17.9 Å². The fourth-order valence-corrected chi connectivity index (χ4v) is 5.27. The number of carbonyl (C=O) groups excluding carboxylic acids is 1. The number of alkyl halides is 2. The predicted octanol–water partition coefficient (Wildman–Crippen LogP) is 4.04. The summed E-state index contributed by atoms with van der Waals surface area (Å²) in [5, 5.41) is 21.5. The van der Waals surface area contributed by atoms with E-state index in [1.165, 1.54) is 11.7 Å². The number of rotatable bonds is 10. The number of hydrogen-bond acceptors (Lipinski definition) is 7. The number of carbonyl (C=O) groups is 1. The van der Waals surface area contributed by atoms with Crippen LogP contribution in [-0.4, -0.2) is 62.0 Å². The highest BCUT2D eigenvalue weighted by molar-refractivity contribution is 6.29. The molecule has 0 atom stereocenters. The molecule has 0 bridgehead atoms. The van der Waals surface area contributed by atoms with E-state index in [1.54, 1.807) is 42.7 Å². The molecular weight excluding hydrogens is 568 g/mol. The quantitative estimate of drug-likeness (QED) is 0.208. The molecule has 0 aliphatic rings. The number of halogens is 3. The van der Waals surface area contributed by atoms with Crippen molar-refractivity contribution < 1.29 is 18.7 Å². The summed E-state index contributed by atoms with van der Waals surface area (Å²) in [7, 11) is 1.53. The van der Waals surface area contributed by atoms with Crippen LogP contribution in [0.1, 0.15) is 21.6 Å². The zero-order valence-electron chi connectivity index (χ0n) is 22.9. The number of pyridine rings is 3. The SMILES string of the molecule is CNC(=O)c1ccc(-c2nc(Cl)ccc2NCCc2cc(C)cc3c(=O)n(CC(F)F)c4c(cnn4CCO)c23)cn1. The first kappa shape index (κ1) is 29.1. The number of hydrogen-bond donors (Lipinski definition) is 3. The van der Waals surface area contributed by atoms with Crippen LogP contribution in [0.15, 0.2) is 53.6 Å². The van der Waals surface area contributed by atoms with Crippen molar-refractivity contribution in [1.82, 2.24) is 29.6 Å². The Kier molecular flexibility index (Phi) is 8.46. The van der Waals surface area contributed by atoms with Crippen LogP contribution in [0, 0.1) is 6.92 Å². The summed E-state index contributed by atoms with van der Waals surface area (Å²) < 4.78 is 29.4. The molecule has 0 aliphatic carbocycles. The summed E-state index contributed by atoms with van der Waals surface area (Å²) in [4.78, 5) is 34.1. The van der Waals surface area contributed by atoms with Gasteiger partial charge in [-0.15, -0.1) is 0 Å². The number of aryl methyl sites for hydroxylation is 1. The summed E-state index contributed by atoms with van der Waals surface area (Å²) in [6.07, 6.45) is 0.838. The Hall–Kier alpha value is -4.42. The highest BCUT2D eigenvalue weighted by Gasteiger charge is 2.20. The average Bonchev–Trinajstić information content (AvgIpc) is 3.38. The molecule has 13 heteroatoms. The van der Waals surface area contributed by atoms with Crippen LogP contribution in [0.4, 0.5) is 14.5 Å². The van der Waals surface area contributed by atoms with E-state index in [0.717, 1.165) is 15.7 Å². The minimum Gasteiger partial charge on any atom is -0.394 e. The largest absolute Gasteiger partial charge is 0.394 e. The highest BCUT2D eigenvalue weighted by atomic mass is 35.5. The topological polar surface area (TPSA) is 127 Å². The fraction of sp³-hybridized carbons (Fsp3) is 0.276. The Balaban J connectivity index is 1.51. The van der Waals surface area contributed by atoms with Crippen molar-refractivity contribution in [2.24, 2.45) is 0 Å². The van der Waals surface area contributed by atoms with Crippen molar-refractivity contribution >= 4 is 45.0 Å². The lowest BCUT2D eigenvalue weighted by Crippen LogP contribution is -2.26. The van der Waals surface area contributed by atoms with E-state index in [2.05, 4.69) is 25.7 Å². The Morgan fingerprint density at radius 3 is 2.64 bits per heavy atom. The molecule has 0 radical (unpaired) electrons. The number of nitrogens with zero attached hydrogens (tertiary/aromatic N) is 5. The molecule has 4 aromatic heterocycles. The minimum absolute atomic E-state index is 0.0612. The lowest BCUT2D eigenvalue weighted by atomic mass is 9.98. The molecule has 1 amide bonds. The first-order valence-electron chi connectivity index (χ1n) is 13.2. The molecule has 10 nitrogen and oxygen atoms in total. The maximum atomic E-state index is 13.5. The zero-order chi connectivity index (χ0) is 30.0. The van der Waals surface area contributed by atoms with Crippen LogP contribution in [0.25, 0.3) is 33.1 Å². The number of benzene rings is 1. The maximum absolute atomic E-state index is 13.5. The Labute approximate surface area is 244 Å². The van der Waals surface area contributed by atoms with Gasteiger partial charge < -0.3 is 15.7 Å². The van der Waals surface area contributed by atoms with Crippen LogP contribution in [-0.2, 0) is 19.5 Å². The van der Waals surface area contributed by atoms with Gasteiger partial charge in [0.05, 0.1) is 37.3 Å². The van der Waals surface area contributed by atoms with Crippen LogP contribution in [0.3, 0.4) is 0 Å². The van der Waals surface area contributed by atoms with Gasteiger partial charge in [-0.2, -0.15) is 5.10 Å². The first-order valence-corrected chi connectivity index (χ1v) is 13.6. The number of anilines is 1. The van der Waals surface area contributed by atoms with Crippen molar-refractivity contribution in [3.63, 3.8) is 0 Å². The minimum atomic E-state index is -2.74. The van der Waals surface area contributed by atoms with Crippen molar-refractivity contribution in [3.8, 4) is 11.3 Å². The maximum Gasteiger partial charge on any atom is 0.269 e. The van der Waals surface area contributed by atoms with E-state index >= 15 is 0 Å². The number of aliphatic hydroxyl groups excluding tert-OH is 1. The van der Waals surface area contributed by atoms with Crippen LogP contribution < -0.4 is 16.2 Å². The van der Waals surface area contributed by atoms with E-state index < -0.39 is 18.5 Å². The van der Waals surface area contributed by atoms with Crippen molar-refractivity contribution in [2.45, 2.75) is 32.9 Å². The highest BCUT2D eigenvalue weighted by Crippen LogP contribution is 2.30. The summed E-state index contributed by atoms with van der Waals surface area (Å²) in [6.45, 7) is 1.31. The molecule has 5 aromatic rings. The molecule has 0 saturated heterocycles. The van der Waals surface area contributed by atoms with Crippen molar-refractivity contribution in [2.75, 3.05) is 25.5 Å². The molecule has 218 valence electrons. The molecule has 5 rings (SSSR count). The van der Waals surface area contributed by atoms with E-state index in [0.29, 0.717) is 46.1 Å². The zero-order valence-corrected chi connectivity index (χ0v) is 23.6. The molecule has 0 aliphatic heterocycles. The van der Waals surface area contributed by atoms with Crippen LogP contribution >= 0.6 is 11.6 Å². The third kappa shape index (κ3) is 5.68. The number of amides is 1. The van der Waals surface area contributed by atoms with Crippen LogP contribution in [0.2, 0.25) is 5.15 Å². The van der Waals surface area contributed by atoms with Gasteiger partial charge in [0, 0.05) is 41.5 Å². The second-order valence-corrected chi connectivity index (χ2v) is 10.1. The monoisotopic (exact) mass is 595 g/mol. The second-order valence-electron chi connectivity index (χ2n) is 9.70.